The summed E-state index contributed by atoms with van der Waals surface area (Å²) in [4.78, 5) is 27.5. The van der Waals surface area contributed by atoms with Crippen LogP contribution in [-0.4, -0.2) is 46.1 Å². The first-order valence-corrected chi connectivity index (χ1v) is 10.4. The minimum absolute atomic E-state index is 0.0314. The summed E-state index contributed by atoms with van der Waals surface area (Å²) in [7, 11) is 0. The Hall–Kier alpha value is -3.41. The summed E-state index contributed by atoms with van der Waals surface area (Å²) in [5.41, 5.74) is 1.77. The molecule has 0 bridgehead atoms. The van der Waals surface area contributed by atoms with Gasteiger partial charge >= 0.3 is 0 Å². The monoisotopic (exact) mass is 403 g/mol. The van der Waals surface area contributed by atoms with Gasteiger partial charge < -0.3 is 9.64 Å². The maximum Gasteiger partial charge on any atom is 0.260 e. The van der Waals surface area contributed by atoms with Crippen LogP contribution in [0.25, 0.3) is 5.69 Å². The molecule has 1 aliphatic heterocycles. The Kier molecular flexibility index (Phi) is 6.23. The van der Waals surface area contributed by atoms with Crippen molar-refractivity contribution in [3.63, 3.8) is 0 Å². The molecule has 1 fully saturated rings. The summed E-state index contributed by atoms with van der Waals surface area (Å²) in [5, 5.41) is 4.30. The minimum Gasteiger partial charge on any atom is -0.483 e. The zero-order valence-electron chi connectivity index (χ0n) is 16.9. The van der Waals surface area contributed by atoms with Crippen molar-refractivity contribution < 1.29 is 14.3 Å². The first kappa shape index (κ1) is 19.9. The number of carbonyl (C=O) groups excluding carboxylic acids is 2. The van der Waals surface area contributed by atoms with E-state index in [0.29, 0.717) is 16.9 Å². The second kappa shape index (κ2) is 9.39. The van der Waals surface area contributed by atoms with Crippen LogP contribution in [0.5, 0.6) is 5.75 Å². The molecule has 3 aromatic rings. The van der Waals surface area contributed by atoms with Crippen molar-refractivity contribution in [2.45, 2.75) is 25.7 Å². The third kappa shape index (κ3) is 4.59. The fourth-order valence-corrected chi connectivity index (χ4v) is 3.65. The molecule has 4 rings (SSSR count). The highest BCUT2D eigenvalue weighted by molar-refractivity contribution is 6.10. The number of rotatable bonds is 6. The summed E-state index contributed by atoms with van der Waals surface area (Å²) in [6.45, 7) is 1.50. The van der Waals surface area contributed by atoms with Crippen LogP contribution in [0.4, 0.5) is 0 Å². The Morgan fingerprint density at radius 3 is 2.37 bits per heavy atom. The van der Waals surface area contributed by atoms with Gasteiger partial charge in [-0.2, -0.15) is 5.10 Å². The van der Waals surface area contributed by atoms with Gasteiger partial charge in [0, 0.05) is 19.3 Å². The highest BCUT2D eigenvalue weighted by atomic mass is 16.5. The third-order valence-corrected chi connectivity index (χ3v) is 5.31. The van der Waals surface area contributed by atoms with E-state index < -0.39 is 0 Å². The largest absolute Gasteiger partial charge is 0.483 e. The zero-order chi connectivity index (χ0) is 20.8. The van der Waals surface area contributed by atoms with Gasteiger partial charge in [-0.3, -0.25) is 9.59 Å². The van der Waals surface area contributed by atoms with E-state index in [1.54, 1.807) is 41.3 Å². The molecule has 0 saturated carbocycles. The number of likely N-dealkylation sites (tertiary alicyclic amines) is 1. The smallest absolute Gasteiger partial charge is 0.260 e. The SMILES string of the molecule is O=C(c1cnn(-c2ccccc2)c1)c1ccccc1OCC(=O)N1CCCCCC1. The highest BCUT2D eigenvalue weighted by Crippen LogP contribution is 2.22. The van der Waals surface area contributed by atoms with Gasteiger partial charge in [-0.1, -0.05) is 43.2 Å². The van der Waals surface area contributed by atoms with E-state index in [1.807, 2.05) is 35.2 Å². The van der Waals surface area contributed by atoms with E-state index in [9.17, 15) is 9.59 Å². The van der Waals surface area contributed by atoms with Crippen LogP contribution >= 0.6 is 0 Å². The Morgan fingerprint density at radius 2 is 1.60 bits per heavy atom. The van der Waals surface area contributed by atoms with Crippen molar-refractivity contribution in [1.29, 1.82) is 0 Å². The molecule has 1 saturated heterocycles. The lowest BCUT2D eigenvalue weighted by atomic mass is 10.1. The molecule has 2 aromatic carbocycles. The van der Waals surface area contributed by atoms with E-state index in [4.69, 9.17) is 4.74 Å². The van der Waals surface area contributed by atoms with Crippen molar-refractivity contribution >= 4 is 11.7 Å². The molecule has 1 aromatic heterocycles. The summed E-state index contributed by atoms with van der Waals surface area (Å²) in [6.07, 6.45) is 7.65. The fourth-order valence-electron chi connectivity index (χ4n) is 3.65. The predicted molar refractivity (Wildman–Crippen MR) is 114 cm³/mol. The molecule has 2 heterocycles. The van der Waals surface area contributed by atoms with Crippen LogP contribution < -0.4 is 4.74 Å². The molecule has 0 N–H and O–H groups in total. The van der Waals surface area contributed by atoms with Gasteiger partial charge in [0.25, 0.3) is 5.91 Å². The summed E-state index contributed by atoms with van der Waals surface area (Å²) < 4.78 is 7.45. The maximum absolute atomic E-state index is 13.1. The van der Waals surface area contributed by atoms with Crippen molar-refractivity contribution in [3.8, 4) is 11.4 Å². The number of aromatic nitrogens is 2. The third-order valence-electron chi connectivity index (χ3n) is 5.31. The topological polar surface area (TPSA) is 64.4 Å². The van der Waals surface area contributed by atoms with Gasteiger partial charge in [-0.15, -0.1) is 0 Å². The lowest BCUT2D eigenvalue weighted by molar-refractivity contribution is -0.133. The van der Waals surface area contributed by atoms with Crippen LogP contribution in [0.15, 0.2) is 67.0 Å². The molecule has 154 valence electrons. The van der Waals surface area contributed by atoms with Crippen LogP contribution in [0, 0.1) is 0 Å². The number of benzene rings is 2. The number of hydrogen-bond acceptors (Lipinski definition) is 4. The average molecular weight is 403 g/mol. The van der Waals surface area contributed by atoms with Crippen molar-refractivity contribution in [3.05, 3.63) is 78.1 Å². The normalized spacial score (nSPS) is 14.2. The predicted octanol–water partition coefficient (Wildman–Crippen LogP) is 3.88. The first-order valence-electron chi connectivity index (χ1n) is 10.4. The average Bonchev–Trinajstić information content (AvgIpc) is 3.13. The van der Waals surface area contributed by atoms with Crippen LogP contribution in [0.3, 0.4) is 0 Å². The standard InChI is InChI=1S/C24H25N3O3/c28-23(26-14-8-1-2-9-15-26)18-30-22-13-7-6-12-21(22)24(29)19-16-25-27(17-19)20-10-4-3-5-11-20/h3-7,10-13,16-17H,1-2,8-9,14-15,18H2. The van der Waals surface area contributed by atoms with Gasteiger partial charge in [0.15, 0.2) is 12.4 Å². The van der Waals surface area contributed by atoms with E-state index in [-0.39, 0.29) is 18.3 Å². The fraction of sp³-hybridized carbons (Fsp3) is 0.292. The van der Waals surface area contributed by atoms with Crippen LogP contribution in [0.2, 0.25) is 0 Å². The molecule has 0 aliphatic carbocycles. The van der Waals surface area contributed by atoms with Crippen molar-refractivity contribution in [2.75, 3.05) is 19.7 Å². The van der Waals surface area contributed by atoms with Crippen molar-refractivity contribution in [1.82, 2.24) is 14.7 Å². The molecule has 6 heteroatoms. The molecular weight excluding hydrogens is 378 g/mol. The van der Waals surface area contributed by atoms with E-state index >= 15 is 0 Å². The lowest BCUT2D eigenvalue weighted by Gasteiger charge is -2.20. The summed E-state index contributed by atoms with van der Waals surface area (Å²) >= 11 is 0. The van der Waals surface area contributed by atoms with Gasteiger partial charge in [0.05, 0.1) is 23.0 Å². The van der Waals surface area contributed by atoms with Gasteiger partial charge in [0.1, 0.15) is 5.75 Å². The number of carbonyl (C=O) groups is 2. The zero-order valence-corrected chi connectivity index (χ0v) is 16.9. The Bertz CT molecular complexity index is 1010. The molecule has 0 radical (unpaired) electrons. The Morgan fingerprint density at radius 1 is 0.900 bits per heavy atom. The number of hydrogen-bond donors (Lipinski definition) is 0. The van der Waals surface area contributed by atoms with Crippen molar-refractivity contribution in [2.24, 2.45) is 0 Å². The van der Waals surface area contributed by atoms with Gasteiger partial charge in [0.2, 0.25) is 0 Å². The second-order valence-corrected chi connectivity index (χ2v) is 7.42. The highest BCUT2D eigenvalue weighted by Gasteiger charge is 2.19. The number of amides is 1. The van der Waals surface area contributed by atoms with Crippen LogP contribution in [-0.2, 0) is 4.79 Å². The van der Waals surface area contributed by atoms with E-state index in [1.165, 1.54) is 12.8 Å². The van der Waals surface area contributed by atoms with E-state index in [0.717, 1.165) is 31.6 Å². The Balaban J connectivity index is 1.47. The number of nitrogens with zero attached hydrogens (tertiary/aromatic N) is 3. The van der Waals surface area contributed by atoms with Crippen LogP contribution in [0.1, 0.15) is 41.6 Å². The molecule has 0 unspecified atom stereocenters. The minimum atomic E-state index is -0.185. The molecule has 30 heavy (non-hydrogen) atoms. The van der Waals surface area contributed by atoms with Gasteiger partial charge in [-0.05, 0) is 37.1 Å². The lowest BCUT2D eigenvalue weighted by Crippen LogP contribution is -2.35. The Labute approximate surface area is 176 Å². The van der Waals surface area contributed by atoms with E-state index in [2.05, 4.69) is 5.10 Å². The summed E-state index contributed by atoms with van der Waals surface area (Å²) in [5.74, 6) is 0.198. The molecule has 6 nitrogen and oxygen atoms in total. The molecule has 0 atom stereocenters. The molecule has 1 amide bonds. The van der Waals surface area contributed by atoms with Gasteiger partial charge in [-0.25, -0.2) is 4.68 Å². The first-order chi connectivity index (χ1) is 14.7. The number of ether oxygens (including phenoxy) is 1. The summed E-state index contributed by atoms with van der Waals surface area (Å²) in [6, 6.07) is 16.7. The molecule has 1 aliphatic rings. The second-order valence-electron chi connectivity index (χ2n) is 7.42. The number of para-hydroxylation sites is 2. The maximum atomic E-state index is 13.1. The molecule has 0 spiro atoms. The number of ketones is 1. The quantitative estimate of drug-likeness (QED) is 0.586. The molecular formula is C24H25N3O3.